The molecule has 0 N–H and O–H groups in total. The summed E-state index contributed by atoms with van der Waals surface area (Å²) in [6, 6.07) is 6.67. The molecule has 0 aliphatic rings. The number of hydrogen-bond acceptors (Lipinski definition) is 3. The second-order valence-electron chi connectivity index (χ2n) is 3.26. The average molecular weight is 239 g/mol. The van der Waals surface area contributed by atoms with Crippen LogP contribution in [0.4, 0.5) is 14.5 Å². The first-order chi connectivity index (χ1) is 8.08. The summed E-state index contributed by atoms with van der Waals surface area (Å²) in [6.07, 6.45) is -1.25. The highest BCUT2D eigenvalue weighted by atomic mass is 19.3. The fourth-order valence-electron chi connectivity index (χ4n) is 1.33. The van der Waals surface area contributed by atoms with Gasteiger partial charge in [0.05, 0.1) is 10.6 Å². The number of alkyl halides is 2. The number of aromatic nitrogens is 2. The molecule has 0 radical (unpaired) electrons. The lowest BCUT2D eigenvalue weighted by Gasteiger charge is -2.00. The Morgan fingerprint density at radius 2 is 1.88 bits per heavy atom. The van der Waals surface area contributed by atoms with Crippen LogP contribution in [-0.2, 0) is 0 Å². The van der Waals surface area contributed by atoms with Gasteiger partial charge in [0.15, 0.2) is 0 Å². The molecule has 1 heterocycles. The molecule has 0 bridgehead atoms. The van der Waals surface area contributed by atoms with Crippen molar-refractivity contribution in [2.75, 3.05) is 0 Å². The molecule has 0 aliphatic carbocycles. The lowest BCUT2D eigenvalue weighted by atomic mass is 10.3. The van der Waals surface area contributed by atoms with Gasteiger partial charge in [0.25, 0.3) is 12.1 Å². The Morgan fingerprint density at radius 1 is 1.24 bits per heavy atom. The number of non-ortho nitro benzene ring substituents is 1. The summed E-state index contributed by atoms with van der Waals surface area (Å²) < 4.78 is 25.8. The quantitative estimate of drug-likeness (QED) is 0.611. The zero-order valence-electron chi connectivity index (χ0n) is 8.46. The first-order valence-corrected chi connectivity index (χ1v) is 4.66. The normalized spacial score (nSPS) is 10.8. The van der Waals surface area contributed by atoms with Gasteiger partial charge in [-0.25, -0.2) is 13.5 Å². The van der Waals surface area contributed by atoms with E-state index >= 15 is 0 Å². The summed E-state index contributed by atoms with van der Waals surface area (Å²) in [5.74, 6) is 0. The summed E-state index contributed by atoms with van der Waals surface area (Å²) in [7, 11) is 0. The standard InChI is InChI=1S/C10H7F2N3O2/c11-10(12)9-5-6-14(13-9)7-1-3-8(4-2-7)15(16)17/h1-6,10H. The molecule has 0 unspecified atom stereocenters. The van der Waals surface area contributed by atoms with Gasteiger partial charge < -0.3 is 0 Å². The van der Waals surface area contributed by atoms with E-state index in [2.05, 4.69) is 5.10 Å². The third-order valence-corrected chi connectivity index (χ3v) is 2.16. The molecule has 17 heavy (non-hydrogen) atoms. The Kier molecular flexibility index (Phi) is 2.82. The van der Waals surface area contributed by atoms with Gasteiger partial charge in [-0.2, -0.15) is 5.10 Å². The summed E-state index contributed by atoms with van der Waals surface area (Å²) in [5, 5.41) is 14.1. The van der Waals surface area contributed by atoms with Gasteiger partial charge in [0, 0.05) is 18.3 Å². The van der Waals surface area contributed by atoms with E-state index in [1.54, 1.807) is 0 Å². The highest BCUT2D eigenvalue weighted by Gasteiger charge is 2.11. The molecule has 5 nitrogen and oxygen atoms in total. The van der Waals surface area contributed by atoms with Crippen molar-refractivity contribution >= 4 is 5.69 Å². The van der Waals surface area contributed by atoms with E-state index < -0.39 is 11.3 Å². The highest BCUT2D eigenvalue weighted by molar-refractivity contribution is 5.40. The Labute approximate surface area is 94.4 Å². The van der Waals surface area contributed by atoms with Crippen molar-refractivity contribution < 1.29 is 13.7 Å². The number of nitro groups is 1. The van der Waals surface area contributed by atoms with Gasteiger partial charge in [-0.05, 0) is 18.2 Å². The van der Waals surface area contributed by atoms with Gasteiger partial charge >= 0.3 is 0 Å². The highest BCUT2D eigenvalue weighted by Crippen LogP contribution is 2.19. The van der Waals surface area contributed by atoms with Crippen LogP contribution in [-0.4, -0.2) is 14.7 Å². The molecule has 0 atom stereocenters. The molecule has 2 aromatic rings. The van der Waals surface area contributed by atoms with E-state index in [0.29, 0.717) is 5.69 Å². The molecule has 0 amide bonds. The number of halogens is 2. The van der Waals surface area contributed by atoms with Gasteiger partial charge in [0.1, 0.15) is 5.69 Å². The van der Waals surface area contributed by atoms with E-state index in [0.717, 1.165) is 0 Å². The van der Waals surface area contributed by atoms with Crippen molar-refractivity contribution in [2.24, 2.45) is 0 Å². The first-order valence-electron chi connectivity index (χ1n) is 4.66. The molecule has 88 valence electrons. The monoisotopic (exact) mass is 239 g/mol. The van der Waals surface area contributed by atoms with Crippen molar-refractivity contribution in [3.8, 4) is 5.69 Å². The molecule has 7 heteroatoms. The smallest absolute Gasteiger partial charge is 0.258 e. The van der Waals surface area contributed by atoms with Crippen molar-refractivity contribution in [3.05, 3.63) is 52.3 Å². The second kappa shape index (κ2) is 4.28. The van der Waals surface area contributed by atoms with E-state index in [9.17, 15) is 18.9 Å². The van der Waals surface area contributed by atoms with Crippen LogP contribution in [0, 0.1) is 10.1 Å². The molecular weight excluding hydrogens is 232 g/mol. The van der Waals surface area contributed by atoms with Crippen molar-refractivity contribution in [2.45, 2.75) is 6.43 Å². The van der Waals surface area contributed by atoms with Crippen molar-refractivity contribution in [1.82, 2.24) is 9.78 Å². The Balaban J connectivity index is 2.30. The van der Waals surface area contributed by atoms with Crippen LogP contribution in [0.1, 0.15) is 12.1 Å². The lowest BCUT2D eigenvalue weighted by molar-refractivity contribution is -0.384. The van der Waals surface area contributed by atoms with Crippen LogP contribution in [0.5, 0.6) is 0 Å². The van der Waals surface area contributed by atoms with Gasteiger partial charge in [0.2, 0.25) is 0 Å². The maximum atomic E-state index is 12.3. The Hall–Kier alpha value is -2.31. The van der Waals surface area contributed by atoms with E-state index in [1.165, 1.54) is 41.2 Å². The fourth-order valence-corrected chi connectivity index (χ4v) is 1.33. The minimum Gasteiger partial charge on any atom is -0.258 e. The molecule has 1 aromatic heterocycles. The van der Waals surface area contributed by atoms with Crippen LogP contribution in [0.2, 0.25) is 0 Å². The molecule has 1 aromatic carbocycles. The van der Waals surface area contributed by atoms with Gasteiger partial charge in [-0.15, -0.1) is 0 Å². The number of hydrogen-bond donors (Lipinski definition) is 0. The molecule has 0 spiro atoms. The van der Waals surface area contributed by atoms with Crippen LogP contribution >= 0.6 is 0 Å². The van der Waals surface area contributed by atoms with Crippen molar-refractivity contribution in [3.63, 3.8) is 0 Å². The van der Waals surface area contributed by atoms with Crippen LogP contribution < -0.4 is 0 Å². The number of rotatable bonds is 3. The zero-order chi connectivity index (χ0) is 12.4. The summed E-state index contributed by atoms with van der Waals surface area (Å²) in [4.78, 5) is 9.90. The average Bonchev–Trinajstić information content (AvgIpc) is 2.78. The minimum absolute atomic E-state index is 0.0602. The van der Waals surface area contributed by atoms with Gasteiger partial charge in [-0.3, -0.25) is 10.1 Å². The number of nitrogens with zero attached hydrogens (tertiary/aromatic N) is 3. The molecular formula is C10H7F2N3O2. The predicted molar refractivity (Wildman–Crippen MR) is 55.2 cm³/mol. The Bertz CT molecular complexity index is 537. The third-order valence-electron chi connectivity index (χ3n) is 2.16. The SMILES string of the molecule is O=[N+]([O-])c1ccc(-n2ccc(C(F)F)n2)cc1. The van der Waals surface area contributed by atoms with E-state index in [-0.39, 0.29) is 11.4 Å². The summed E-state index contributed by atoms with van der Waals surface area (Å²) >= 11 is 0. The summed E-state index contributed by atoms with van der Waals surface area (Å²) in [5.41, 5.74) is 0.0980. The lowest BCUT2D eigenvalue weighted by Crippen LogP contribution is -1.97. The largest absolute Gasteiger partial charge is 0.282 e. The van der Waals surface area contributed by atoms with Crippen LogP contribution in [0.25, 0.3) is 5.69 Å². The number of benzene rings is 1. The minimum atomic E-state index is -2.63. The Morgan fingerprint density at radius 3 is 2.35 bits per heavy atom. The van der Waals surface area contributed by atoms with Gasteiger partial charge in [-0.1, -0.05) is 0 Å². The number of nitro benzene ring substituents is 1. The molecule has 0 aliphatic heterocycles. The fraction of sp³-hybridized carbons (Fsp3) is 0.100. The first kappa shape index (κ1) is 11.2. The molecule has 0 saturated carbocycles. The second-order valence-corrected chi connectivity index (χ2v) is 3.26. The topological polar surface area (TPSA) is 61.0 Å². The summed E-state index contributed by atoms with van der Waals surface area (Å²) in [6.45, 7) is 0. The zero-order valence-corrected chi connectivity index (χ0v) is 8.46. The van der Waals surface area contributed by atoms with Crippen LogP contribution in [0.3, 0.4) is 0 Å². The van der Waals surface area contributed by atoms with Crippen LogP contribution in [0.15, 0.2) is 36.5 Å². The molecule has 0 fully saturated rings. The van der Waals surface area contributed by atoms with E-state index in [1.807, 2.05) is 0 Å². The maximum Gasteiger partial charge on any atom is 0.282 e. The van der Waals surface area contributed by atoms with Crippen molar-refractivity contribution in [1.29, 1.82) is 0 Å². The molecule has 0 saturated heterocycles. The molecule has 2 rings (SSSR count). The predicted octanol–water partition coefficient (Wildman–Crippen LogP) is 2.72. The maximum absolute atomic E-state index is 12.3. The van der Waals surface area contributed by atoms with E-state index in [4.69, 9.17) is 0 Å². The third kappa shape index (κ3) is 2.27.